The monoisotopic (exact) mass is 202 g/mol. The van der Waals surface area contributed by atoms with Crippen molar-refractivity contribution >= 4 is 28.9 Å². The first-order valence-electron chi connectivity index (χ1n) is 3.10. The van der Waals surface area contributed by atoms with E-state index in [4.69, 9.17) is 32.1 Å². The Morgan fingerprint density at radius 2 is 2.10 bits per heavy atom. The van der Waals surface area contributed by atoms with Gasteiger partial charge in [-0.05, 0) is 43.8 Å². The molecule has 0 aliphatic carbocycles. The predicted octanol–water partition coefficient (Wildman–Crippen LogP) is 2.91. The van der Waals surface area contributed by atoms with Gasteiger partial charge in [0.15, 0.2) is 0 Å². The van der Waals surface area contributed by atoms with Gasteiger partial charge in [0.1, 0.15) is 0 Å². The molecule has 0 spiro atoms. The second-order valence-electron chi connectivity index (χ2n) is 2.00. The van der Waals surface area contributed by atoms with Gasteiger partial charge < -0.3 is 9.05 Å². The lowest BCUT2D eigenvalue weighted by molar-refractivity contribution is 0.219. The van der Waals surface area contributed by atoms with Gasteiger partial charge in [0.05, 0.1) is 12.7 Å². The normalized spacial score (nSPS) is 17.3. The Labute approximate surface area is 71.8 Å². The molecule has 0 amide bonds. The van der Waals surface area contributed by atoms with Crippen LogP contribution in [0.25, 0.3) is 0 Å². The molecule has 5 heteroatoms. The van der Waals surface area contributed by atoms with Crippen LogP contribution in [-0.4, -0.2) is 12.7 Å². The minimum atomic E-state index is -2.44. The molecule has 0 aromatic rings. The van der Waals surface area contributed by atoms with E-state index in [2.05, 4.69) is 0 Å². The number of hydrogen-bond donors (Lipinski definition) is 0. The quantitative estimate of drug-likeness (QED) is 0.654. The number of rotatable bonds is 4. The third-order valence-corrected chi connectivity index (χ3v) is 2.97. The van der Waals surface area contributed by atoms with E-state index in [0.29, 0.717) is 6.61 Å². The molecular formula is C5H12ClO2PS. The Morgan fingerprint density at radius 1 is 1.60 bits per heavy atom. The molecule has 0 aromatic heterocycles. The first-order chi connectivity index (χ1) is 4.48. The third kappa shape index (κ3) is 5.63. The van der Waals surface area contributed by atoms with E-state index >= 15 is 0 Å². The summed E-state index contributed by atoms with van der Waals surface area (Å²) in [5.74, 6) is -2.44. The average Bonchev–Trinajstić information content (AvgIpc) is 1.59. The molecule has 0 heterocycles. The Balaban J connectivity index is 3.75. The van der Waals surface area contributed by atoms with E-state index in [-0.39, 0.29) is 6.10 Å². The third-order valence-electron chi connectivity index (χ3n) is 0.620. The highest BCUT2D eigenvalue weighted by Crippen LogP contribution is 2.54. The molecule has 0 rings (SSSR count). The van der Waals surface area contributed by atoms with Gasteiger partial charge in [-0.1, -0.05) is 0 Å². The van der Waals surface area contributed by atoms with E-state index in [1.807, 2.05) is 20.8 Å². The van der Waals surface area contributed by atoms with Crippen LogP contribution in [0.2, 0.25) is 0 Å². The molecule has 1 unspecified atom stereocenters. The summed E-state index contributed by atoms with van der Waals surface area (Å²) in [5.41, 5.74) is 0. The van der Waals surface area contributed by atoms with Crippen molar-refractivity contribution in [3.05, 3.63) is 0 Å². The lowest BCUT2D eigenvalue weighted by atomic mass is 10.5. The average molecular weight is 203 g/mol. The smallest absolute Gasteiger partial charge is 0.282 e. The second-order valence-corrected chi connectivity index (χ2v) is 6.71. The van der Waals surface area contributed by atoms with Gasteiger partial charge in [0, 0.05) is 0 Å². The highest BCUT2D eigenvalue weighted by molar-refractivity contribution is 8.22. The van der Waals surface area contributed by atoms with Gasteiger partial charge >= 0.3 is 0 Å². The van der Waals surface area contributed by atoms with Crippen molar-refractivity contribution in [2.24, 2.45) is 0 Å². The zero-order chi connectivity index (χ0) is 8.20. The van der Waals surface area contributed by atoms with Crippen LogP contribution in [0.5, 0.6) is 0 Å². The molecule has 0 fully saturated rings. The molecule has 0 saturated heterocycles. The summed E-state index contributed by atoms with van der Waals surface area (Å²) in [5, 5.41) is 0. The summed E-state index contributed by atoms with van der Waals surface area (Å²) in [6, 6.07) is 0. The van der Waals surface area contributed by atoms with Gasteiger partial charge in [-0.25, -0.2) is 0 Å². The van der Waals surface area contributed by atoms with Crippen molar-refractivity contribution in [3.63, 3.8) is 0 Å². The van der Waals surface area contributed by atoms with Crippen molar-refractivity contribution in [1.29, 1.82) is 0 Å². The predicted molar refractivity (Wildman–Crippen MR) is 48.0 cm³/mol. The zero-order valence-corrected chi connectivity index (χ0v) is 8.80. The molecule has 0 bridgehead atoms. The summed E-state index contributed by atoms with van der Waals surface area (Å²) in [7, 11) is 0. The fourth-order valence-corrected chi connectivity index (χ4v) is 2.91. The van der Waals surface area contributed by atoms with E-state index in [1.165, 1.54) is 0 Å². The standard InChI is InChI=1S/C5H12ClO2PS/c1-4-7-9(6,10)8-5(2)3/h5H,4H2,1-3H3. The van der Waals surface area contributed by atoms with Crippen LogP contribution in [0.15, 0.2) is 0 Å². The number of hydrogen-bond acceptors (Lipinski definition) is 3. The van der Waals surface area contributed by atoms with Gasteiger partial charge in [0.25, 0.3) is 5.84 Å². The molecule has 10 heavy (non-hydrogen) atoms. The van der Waals surface area contributed by atoms with Crippen LogP contribution in [-0.2, 0) is 20.9 Å². The fraction of sp³-hybridized carbons (Fsp3) is 1.00. The van der Waals surface area contributed by atoms with Crippen molar-refractivity contribution in [3.8, 4) is 0 Å². The molecular weight excluding hydrogens is 191 g/mol. The maximum atomic E-state index is 5.71. The first kappa shape index (κ1) is 10.9. The van der Waals surface area contributed by atoms with Crippen LogP contribution in [0.3, 0.4) is 0 Å². The SMILES string of the molecule is CCOP(=S)(Cl)OC(C)C. The Bertz CT molecular complexity index is 140. The van der Waals surface area contributed by atoms with Crippen LogP contribution >= 0.6 is 17.1 Å². The first-order valence-corrected chi connectivity index (χ1v) is 6.65. The van der Waals surface area contributed by atoms with E-state index in [9.17, 15) is 0 Å². The second kappa shape index (κ2) is 4.68. The van der Waals surface area contributed by atoms with Crippen LogP contribution < -0.4 is 0 Å². The molecule has 62 valence electrons. The van der Waals surface area contributed by atoms with E-state index in [1.54, 1.807) is 0 Å². The fourth-order valence-electron chi connectivity index (χ4n) is 0.436. The maximum Gasteiger partial charge on any atom is 0.282 e. The topological polar surface area (TPSA) is 18.5 Å². The summed E-state index contributed by atoms with van der Waals surface area (Å²) in [6.45, 7) is 6.10. The van der Waals surface area contributed by atoms with Crippen molar-refractivity contribution in [1.82, 2.24) is 0 Å². The Hall–Kier alpha value is 0.860. The highest BCUT2D eigenvalue weighted by atomic mass is 35.7. The molecule has 0 N–H and O–H groups in total. The van der Waals surface area contributed by atoms with Gasteiger partial charge in [-0.3, -0.25) is 0 Å². The maximum absolute atomic E-state index is 5.71. The Kier molecular flexibility index (Phi) is 5.08. The molecule has 2 nitrogen and oxygen atoms in total. The van der Waals surface area contributed by atoms with Crippen LogP contribution in [0.1, 0.15) is 20.8 Å². The summed E-state index contributed by atoms with van der Waals surface area (Å²) >= 11 is 10.6. The molecule has 0 saturated carbocycles. The minimum absolute atomic E-state index is 0.0369. The Morgan fingerprint density at radius 3 is 2.40 bits per heavy atom. The minimum Gasteiger partial charge on any atom is -0.318 e. The van der Waals surface area contributed by atoms with Crippen LogP contribution in [0, 0.1) is 0 Å². The lowest BCUT2D eigenvalue weighted by Crippen LogP contribution is -1.99. The van der Waals surface area contributed by atoms with Crippen molar-refractivity contribution in [2.75, 3.05) is 6.61 Å². The largest absolute Gasteiger partial charge is 0.318 e. The molecule has 0 aromatic carbocycles. The summed E-state index contributed by atoms with van der Waals surface area (Å²) in [4.78, 5) is 0. The molecule has 0 radical (unpaired) electrons. The summed E-state index contributed by atoms with van der Waals surface area (Å²) in [6.07, 6.45) is 0.0369. The highest BCUT2D eigenvalue weighted by Gasteiger charge is 2.15. The van der Waals surface area contributed by atoms with Crippen molar-refractivity contribution in [2.45, 2.75) is 26.9 Å². The zero-order valence-electron chi connectivity index (χ0n) is 6.33. The summed E-state index contributed by atoms with van der Waals surface area (Å²) < 4.78 is 10.2. The lowest BCUT2D eigenvalue weighted by Gasteiger charge is -2.16. The van der Waals surface area contributed by atoms with Crippen molar-refractivity contribution < 1.29 is 9.05 Å². The number of halogens is 1. The van der Waals surface area contributed by atoms with E-state index in [0.717, 1.165) is 0 Å². The van der Waals surface area contributed by atoms with Crippen LogP contribution in [0.4, 0.5) is 0 Å². The van der Waals surface area contributed by atoms with E-state index < -0.39 is 5.84 Å². The van der Waals surface area contributed by atoms with Gasteiger partial charge in [-0.15, -0.1) is 0 Å². The molecule has 1 atom stereocenters. The van der Waals surface area contributed by atoms with Gasteiger partial charge in [0.2, 0.25) is 0 Å². The molecule has 0 aliphatic heterocycles. The molecule has 0 aliphatic rings. The van der Waals surface area contributed by atoms with Gasteiger partial charge in [-0.2, -0.15) is 0 Å².